The lowest BCUT2D eigenvalue weighted by molar-refractivity contribution is -0.116. The van der Waals surface area contributed by atoms with E-state index in [4.69, 9.17) is 14.2 Å². The molecule has 8 nitrogen and oxygen atoms in total. The number of fused-ring (bicyclic) bond motifs is 1. The maximum Gasteiger partial charge on any atom is 0.247 e. The van der Waals surface area contributed by atoms with Crippen LogP contribution in [0.1, 0.15) is 6.92 Å². The van der Waals surface area contributed by atoms with E-state index < -0.39 is 22.0 Å². The van der Waals surface area contributed by atoms with Crippen LogP contribution in [0.3, 0.4) is 0 Å². The lowest BCUT2D eigenvalue weighted by Crippen LogP contribution is -2.45. The van der Waals surface area contributed by atoms with Crippen LogP contribution in [-0.4, -0.2) is 33.4 Å². The standard InChI is InChI=1S/C23H22N2O6S/c1-16(23(26)24-17-8-13-21-22(14-17)30-15-29-21)25(32(2,27)28)18-9-11-20(12-10-18)31-19-6-4-3-5-7-19/h3-14,16H,15H2,1-2H3,(H,24,26)/t16-/m1/s1. The van der Waals surface area contributed by atoms with Crippen LogP contribution in [0, 0.1) is 0 Å². The molecule has 0 saturated carbocycles. The third kappa shape index (κ3) is 4.78. The Morgan fingerprint density at radius 2 is 1.62 bits per heavy atom. The zero-order chi connectivity index (χ0) is 22.7. The number of amides is 1. The van der Waals surface area contributed by atoms with Crippen LogP contribution in [0.2, 0.25) is 0 Å². The molecule has 166 valence electrons. The van der Waals surface area contributed by atoms with Crippen LogP contribution in [-0.2, 0) is 14.8 Å². The van der Waals surface area contributed by atoms with Gasteiger partial charge in [0.05, 0.1) is 11.9 Å². The Morgan fingerprint density at radius 3 is 2.31 bits per heavy atom. The molecule has 1 atom stereocenters. The molecule has 1 aliphatic rings. The van der Waals surface area contributed by atoms with E-state index in [1.165, 1.54) is 6.92 Å². The van der Waals surface area contributed by atoms with Gasteiger partial charge in [-0.15, -0.1) is 0 Å². The molecule has 9 heteroatoms. The number of nitrogens with zero attached hydrogens (tertiary/aromatic N) is 1. The highest BCUT2D eigenvalue weighted by molar-refractivity contribution is 7.92. The SMILES string of the molecule is C[C@H](C(=O)Nc1ccc2c(c1)OCO2)N(c1ccc(Oc2ccccc2)cc1)S(C)(=O)=O. The predicted octanol–water partition coefficient (Wildman–Crippen LogP) is 4.00. The summed E-state index contributed by atoms with van der Waals surface area (Å²) in [5.74, 6) is 1.83. The van der Waals surface area contributed by atoms with Crippen LogP contribution >= 0.6 is 0 Å². The average Bonchev–Trinajstić information content (AvgIpc) is 3.23. The summed E-state index contributed by atoms with van der Waals surface area (Å²) < 4.78 is 42.5. The van der Waals surface area contributed by atoms with Gasteiger partial charge in [0, 0.05) is 11.8 Å². The molecule has 0 saturated heterocycles. The number of ether oxygens (including phenoxy) is 3. The van der Waals surface area contributed by atoms with Crippen molar-refractivity contribution in [3.8, 4) is 23.0 Å². The molecule has 0 radical (unpaired) electrons. The minimum atomic E-state index is -3.75. The van der Waals surface area contributed by atoms with Gasteiger partial charge in [0.2, 0.25) is 22.7 Å². The molecule has 0 spiro atoms. The van der Waals surface area contributed by atoms with E-state index in [9.17, 15) is 13.2 Å². The van der Waals surface area contributed by atoms with Gasteiger partial charge < -0.3 is 19.5 Å². The van der Waals surface area contributed by atoms with E-state index in [1.54, 1.807) is 42.5 Å². The maximum absolute atomic E-state index is 12.9. The summed E-state index contributed by atoms with van der Waals surface area (Å²) in [6.45, 7) is 1.65. The number of para-hydroxylation sites is 1. The summed E-state index contributed by atoms with van der Waals surface area (Å²) in [5, 5.41) is 2.73. The number of carbonyl (C=O) groups is 1. The molecule has 1 aliphatic heterocycles. The van der Waals surface area contributed by atoms with Crippen molar-refractivity contribution in [2.24, 2.45) is 0 Å². The smallest absolute Gasteiger partial charge is 0.247 e. The first-order chi connectivity index (χ1) is 15.3. The summed E-state index contributed by atoms with van der Waals surface area (Å²) >= 11 is 0. The first-order valence-electron chi connectivity index (χ1n) is 9.84. The summed E-state index contributed by atoms with van der Waals surface area (Å²) in [6, 6.07) is 19.7. The molecule has 0 bridgehead atoms. The Labute approximate surface area is 186 Å². The number of hydrogen-bond donors (Lipinski definition) is 1. The predicted molar refractivity (Wildman–Crippen MR) is 121 cm³/mol. The van der Waals surface area contributed by atoms with E-state index in [2.05, 4.69) is 5.32 Å². The Hall–Kier alpha value is -3.72. The summed E-state index contributed by atoms with van der Waals surface area (Å²) in [4.78, 5) is 12.9. The molecule has 32 heavy (non-hydrogen) atoms. The Morgan fingerprint density at radius 1 is 0.969 bits per heavy atom. The fourth-order valence-corrected chi connectivity index (χ4v) is 4.49. The molecule has 3 aromatic rings. The van der Waals surface area contributed by atoms with Crippen molar-refractivity contribution in [3.05, 3.63) is 72.8 Å². The van der Waals surface area contributed by atoms with Crippen molar-refractivity contribution < 1.29 is 27.4 Å². The minimum Gasteiger partial charge on any atom is -0.457 e. The molecule has 3 aromatic carbocycles. The molecule has 1 amide bonds. The Balaban J connectivity index is 1.52. The highest BCUT2D eigenvalue weighted by Gasteiger charge is 2.29. The number of rotatable bonds is 7. The number of nitrogens with one attached hydrogen (secondary N) is 1. The number of benzene rings is 3. The summed E-state index contributed by atoms with van der Waals surface area (Å²) in [5.41, 5.74) is 0.826. The van der Waals surface area contributed by atoms with Gasteiger partial charge in [-0.3, -0.25) is 9.10 Å². The van der Waals surface area contributed by atoms with Gasteiger partial charge in [0.1, 0.15) is 17.5 Å². The van der Waals surface area contributed by atoms with Gasteiger partial charge in [0.15, 0.2) is 11.5 Å². The van der Waals surface area contributed by atoms with Crippen LogP contribution in [0.5, 0.6) is 23.0 Å². The quantitative estimate of drug-likeness (QED) is 0.580. The zero-order valence-corrected chi connectivity index (χ0v) is 18.3. The maximum atomic E-state index is 12.9. The highest BCUT2D eigenvalue weighted by atomic mass is 32.2. The van der Waals surface area contributed by atoms with Gasteiger partial charge in [0.25, 0.3) is 0 Å². The van der Waals surface area contributed by atoms with E-state index in [1.807, 2.05) is 30.3 Å². The number of carbonyl (C=O) groups excluding carboxylic acids is 1. The van der Waals surface area contributed by atoms with E-state index >= 15 is 0 Å². The lowest BCUT2D eigenvalue weighted by atomic mass is 10.2. The van der Waals surface area contributed by atoms with Crippen molar-refractivity contribution in [1.29, 1.82) is 0 Å². The second-order valence-corrected chi connectivity index (χ2v) is 9.06. The minimum absolute atomic E-state index is 0.120. The van der Waals surface area contributed by atoms with Crippen LogP contribution in [0.15, 0.2) is 72.8 Å². The van der Waals surface area contributed by atoms with E-state index in [-0.39, 0.29) is 6.79 Å². The normalized spacial score (nSPS) is 13.3. The average molecular weight is 455 g/mol. The number of sulfonamides is 1. The summed E-state index contributed by atoms with van der Waals surface area (Å²) in [7, 11) is -3.75. The third-order valence-electron chi connectivity index (χ3n) is 4.80. The van der Waals surface area contributed by atoms with E-state index in [0.717, 1.165) is 10.6 Å². The first-order valence-corrected chi connectivity index (χ1v) is 11.7. The van der Waals surface area contributed by atoms with Crippen molar-refractivity contribution in [2.45, 2.75) is 13.0 Å². The van der Waals surface area contributed by atoms with Crippen LogP contribution in [0.25, 0.3) is 0 Å². The topological polar surface area (TPSA) is 94.2 Å². The monoisotopic (exact) mass is 454 g/mol. The first kappa shape index (κ1) is 21.5. The zero-order valence-electron chi connectivity index (χ0n) is 17.5. The highest BCUT2D eigenvalue weighted by Crippen LogP contribution is 2.34. The fraction of sp³-hybridized carbons (Fsp3) is 0.174. The van der Waals surface area contributed by atoms with Crippen LogP contribution < -0.4 is 23.8 Å². The number of anilines is 2. The third-order valence-corrected chi connectivity index (χ3v) is 6.04. The summed E-state index contributed by atoms with van der Waals surface area (Å²) in [6.07, 6.45) is 1.06. The van der Waals surface area contributed by atoms with Gasteiger partial charge in [-0.1, -0.05) is 18.2 Å². The molecule has 0 unspecified atom stereocenters. The second kappa shape index (κ2) is 8.80. The van der Waals surface area contributed by atoms with Crippen molar-refractivity contribution in [3.63, 3.8) is 0 Å². The van der Waals surface area contributed by atoms with Crippen LogP contribution in [0.4, 0.5) is 11.4 Å². The fourth-order valence-electron chi connectivity index (χ4n) is 3.32. The van der Waals surface area contributed by atoms with Gasteiger partial charge in [-0.2, -0.15) is 0 Å². The second-order valence-electron chi connectivity index (χ2n) is 7.20. The van der Waals surface area contributed by atoms with E-state index in [0.29, 0.717) is 34.4 Å². The van der Waals surface area contributed by atoms with Gasteiger partial charge in [-0.25, -0.2) is 8.42 Å². The molecule has 0 aliphatic carbocycles. The Bertz CT molecular complexity index is 1210. The van der Waals surface area contributed by atoms with Gasteiger partial charge in [-0.05, 0) is 55.5 Å². The van der Waals surface area contributed by atoms with Gasteiger partial charge >= 0.3 is 0 Å². The Kier molecular flexibility index (Phi) is 5.91. The van der Waals surface area contributed by atoms with Crippen molar-refractivity contribution in [2.75, 3.05) is 22.7 Å². The van der Waals surface area contributed by atoms with Crippen molar-refractivity contribution >= 4 is 27.3 Å². The largest absolute Gasteiger partial charge is 0.457 e. The molecule has 0 aromatic heterocycles. The lowest BCUT2D eigenvalue weighted by Gasteiger charge is -2.28. The molecule has 1 N–H and O–H groups in total. The number of hydrogen-bond acceptors (Lipinski definition) is 6. The molecule has 0 fully saturated rings. The molecular weight excluding hydrogens is 432 g/mol. The van der Waals surface area contributed by atoms with Crippen molar-refractivity contribution in [1.82, 2.24) is 0 Å². The molecule has 4 rings (SSSR count). The molecular formula is C23H22N2O6S. The molecule has 1 heterocycles.